The van der Waals surface area contributed by atoms with Crippen LogP contribution in [0.5, 0.6) is 0 Å². The zero-order valence-corrected chi connectivity index (χ0v) is 11.6. The lowest BCUT2D eigenvalue weighted by molar-refractivity contribution is 0.100. The van der Waals surface area contributed by atoms with E-state index < -0.39 is 5.91 Å². The summed E-state index contributed by atoms with van der Waals surface area (Å²) in [4.78, 5) is 15.8. The van der Waals surface area contributed by atoms with Gasteiger partial charge in [0.05, 0.1) is 5.56 Å². The maximum atomic E-state index is 11.4. The highest BCUT2D eigenvalue weighted by Gasteiger charge is 2.21. The number of hydrogen-bond donors (Lipinski definition) is 3. The van der Waals surface area contributed by atoms with Crippen LogP contribution in [-0.2, 0) is 0 Å². The van der Waals surface area contributed by atoms with E-state index in [1.165, 1.54) is 12.8 Å². The van der Waals surface area contributed by atoms with Gasteiger partial charge in [-0.1, -0.05) is 0 Å². The van der Waals surface area contributed by atoms with E-state index in [0.29, 0.717) is 17.3 Å². The second-order valence-corrected chi connectivity index (χ2v) is 5.25. The van der Waals surface area contributed by atoms with Gasteiger partial charge in [0.25, 0.3) is 5.91 Å². The first-order chi connectivity index (χ1) is 9.08. The van der Waals surface area contributed by atoms with Crippen molar-refractivity contribution in [2.24, 2.45) is 11.7 Å². The van der Waals surface area contributed by atoms with Gasteiger partial charge >= 0.3 is 0 Å². The van der Waals surface area contributed by atoms with Crippen molar-refractivity contribution in [3.63, 3.8) is 0 Å². The summed E-state index contributed by atoms with van der Waals surface area (Å²) in [5.74, 6) is 0.714. The Kier molecular flexibility index (Phi) is 4.37. The summed E-state index contributed by atoms with van der Waals surface area (Å²) in [6, 6.07) is 3.80. The molecule has 4 N–H and O–H groups in total. The molecular weight excluding hydrogens is 240 g/mol. The predicted molar refractivity (Wildman–Crippen MR) is 76.2 cm³/mol. The zero-order valence-electron chi connectivity index (χ0n) is 11.6. The number of anilines is 1. The number of rotatable bonds is 4. The number of pyridine rings is 1. The standard InChI is InChI=1S/C14H22N4O/c1-9-5-6-12(13(15)19)14(17-9)18-10(2)11-4-3-7-16-8-11/h5-6,10-11,16H,3-4,7-8H2,1-2H3,(H2,15,19)(H,17,18). The Morgan fingerprint density at radius 1 is 1.58 bits per heavy atom. The Bertz CT molecular complexity index is 455. The maximum Gasteiger partial charge on any atom is 0.252 e. The Balaban J connectivity index is 2.12. The molecule has 0 aromatic carbocycles. The fourth-order valence-corrected chi connectivity index (χ4v) is 2.50. The topological polar surface area (TPSA) is 80.0 Å². The third kappa shape index (κ3) is 3.44. The molecule has 1 fully saturated rings. The third-order valence-electron chi connectivity index (χ3n) is 3.71. The molecule has 2 atom stereocenters. The monoisotopic (exact) mass is 262 g/mol. The van der Waals surface area contributed by atoms with Crippen LogP contribution in [-0.4, -0.2) is 30.0 Å². The average Bonchev–Trinajstić information content (AvgIpc) is 2.39. The molecule has 1 aromatic heterocycles. The summed E-state index contributed by atoms with van der Waals surface area (Å²) in [5, 5.41) is 6.75. The minimum Gasteiger partial charge on any atom is -0.367 e. The zero-order chi connectivity index (χ0) is 13.8. The largest absolute Gasteiger partial charge is 0.367 e. The van der Waals surface area contributed by atoms with Crippen molar-refractivity contribution in [3.05, 3.63) is 23.4 Å². The van der Waals surface area contributed by atoms with E-state index in [2.05, 4.69) is 22.5 Å². The molecule has 1 saturated heterocycles. The molecule has 0 bridgehead atoms. The number of carbonyl (C=O) groups is 1. The fraction of sp³-hybridized carbons (Fsp3) is 0.571. The lowest BCUT2D eigenvalue weighted by Gasteiger charge is -2.29. The normalized spacial score (nSPS) is 20.8. The molecule has 1 amide bonds. The van der Waals surface area contributed by atoms with Gasteiger partial charge in [-0.3, -0.25) is 4.79 Å². The van der Waals surface area contributed by atoms with Crippen LogP contribution in [0.4, 0.5) is 5.82 Å². The van der Waals surface area contributed by atoms with E-state index in [0.717, 1.165) is 18.8 Å². The SMILES string of the molecule is Cc1ccc(C(N)=O)c(NC(C)C2CCCNC2)n1. The molecule has 5 heteroatoms. The third-order valence-corrected chi connectivity index (χ3v) is 3.71. The van der Waals surface area contributed by atoms with E-state index in [9.17, 15) is 4.79 Å². The van der Waals surface area contributed by atoms with Crippen molar-refractivity contribution in [2.45, 2.75) is 32.7 Å². The van der Waals surface area contributed by atoms with Gasteiger partial charge in [-0.05, 0) is 57.8 Å². The summed E-state index contributed by atoms with van der Waals surface area (Å²) >= 11 is 0. The van der Waals surface area contributed by atoms with Crippen LogP contribution in [0.3, 0.4) is 0 Å². The molecule has 104 valence electrons. The number of piperidine rings is 1. The number of nitrogens with two attached hydrogens (primary N) is 1. The number of primary amides is 1. The van der Waals surface area contributed by atoms with Crippen molar-refractivity contribution < 1.29 is 4.79 Å². The number of nitrogens with one attached hydrogen (secondary N) is 2. The molecule has 19 heavy (non-hydrogen) atoms. The van der Waals surface area contributed by atoms with Gasteiger partial charge in [0.15, 0.2) is 0 Å². The predicted octanol–water partition coefficient (Wildman–Crippen LogP) is 1.29. The Morgan fingerprint density at radius 3 is 3.00 bits per heavy atom. The van der Waals surface area contributed by atoms with Crippen LogP contribution in [0.25, 0.3) is 0 Å². The van der Waals surface area contributed by atoms with Gasteiger partial charge in [0.2, 0.25) is 0 Å². The summed E-state index contributed by atoms with van der Waals surface area (Å²) in [5.41, 5.74) is 6.72. The Labute approximate surface area is 114 Å². The van der Waals surface area contributed by atoms with E-state index >= 15 is 0 Å². The smallest absolute Gasteiger partial charge is 0.252 e. The fourth-order valence-electron chi connectivity index (χ4n) is 2.50. The number of nitrogens with zero attached hydrogens (tertiary/aromatic N) is 1. The molecule has 1 aliphatic heterocycles. The van der Waals surface area contributed by atoms with Crippen LogP contribution in [0.1, 0.15) is 35.8 Å². The molecule has 0 radical (unpaired) electrons. The highest BCUT2D eigenvalue weighted by molar-refractivity contribution is 5.97. The van der Waals surface area contributed by atoms with Gasteiger partial charge in [-0.15, -0.1) is 0 Å². The molecule has 0 spiro atoms. The Hall–Kier alpha value is -1.62. The molecule has 2 rings (SSSR count). The van der Waals surface area contributed by atoms with E-state index in [1.54, 1.807) is 12.1 Å². The minimum absolute atomic E-state index is 0.264. The number of aromatic nitrogens is 1. The minimum atomic E-state index is -0.441. The number of aryl methyl sites for hydroxylation is 1. The van der Waals surface area contributed by atoms with Crippen LogP contribution >= 0.6 is 0 Å². The average molecular weight is 262 g/mol. The molecule has 1 aromatic rings. The summed E-state index contributed by atoms with van der Waals surface area (Å²) in [6.07, 6.45) is 2.39. The first kappa shape index (κ1) is 13.8. The second-order valence-electron chi connectivity index (χ2n) is 5.25. The molecule has 2 heterocycles. The number of amides is 1. The van der Waals surface area contributed by atoms with Crippen molar-refractivity contribution in [1.82, 2.24) is 10.3 Å². The summed E-state index contributed by atoms with van der Waals surface area (Å²) < 4.78 is 0. The quantitative estimate of drug-likeness (QED) is 0.764. The van der Waals surface area contributed by atoms with Crippen molar-refractivity contribution in [1.29, 1.82) is 0 Å². The van der Waals surface area contributed by atoms with Crippen LogP contribution in [0.2, 0.25) is 0 Å². The molecule has 1 aliphatic rings. The van der Waals surface area contributed by atoms with Crippen LogP contribution in [0.15, 0.2) is 12.1 Å². The first-order valence-corrected chi connectivity index (χ1v) is 6.82. The van der Waals surface area contributed by atoms with Gasteiger partial charge in [-0.2, -0.15) is 0 Å². The van der Waals surface area contributed by atoms with Gasteiger partial charge in [0.1, 0.15) is 5.82 Å². The van der Waals surface area contributed by atoms with Gasteiger partial charge in [-0.25, -0.2) is 4.98 Å². The maximum absolute atomic E-state index is 11.4. The van der Waals surface area contributed by atoms with Crippen molar-refractivity contribution in [3.8, 4) is 0 Å². The summed E-state index contributed by atoms with van der Waals surface area (Å²) in [7, 11) is 0. The molecular formula is C14H22N4O. The van der Waals surface area contributed by atoms with Crippen molar-refractivity contribution in [2.75, 3.05) is 18.4 Å². The molecule has 0 aliphatic carbocycles. The molecule has 5 nitrogen and oxygen atoms in total. The van der Waals surface area contributed by atoms with E-state index in [1.807, 2.05) is 6.92 Å². The van der Waals surface area contributed by atoms with E-state index in [4.69, 9.17) is 5.73 Å². The summed E-state index contributed by atoms with van der Waals surface area (Å²) in [6.45, 7) is 6.14. The van der Waals surface area contributed by atoms with Gasteiger partial charge in [0, 0.05) is 11.7 Å². The molecule has 0 saturated carbocycles. The van der Waals surface area contributed by atoms with Crippen molar-refractivity contribution >= 4 is 11.7 Å². The molecule has 2 unspecified atom stereocenters. The second kappa shape index (κ2) is 6.02. The number of carbonyl (C=O) groups excluding carboxylic acids is 1. The highest BCUT2D eigenvalue weighted by atomic mass is 16.1. The Morgan fingerprint density at radius 2 is 2.37 bits per heavy atom. The first-order valence-electron chi connectivity index (χ1n) is 6.82. The van der Waals surface area contributed by atoms with Crippen LogP contribution < -0.4 is 16.4 Å². The lowest BCUT2D eigenvalue weighted by Crippen LogP contribution is -2.39. The van der Waals surface area contributed by atoms with E-state index in [-0.39, 0.29) is 6.04 Å². The highest BCUT2D eigenvalue weighted by Crippen LogP contribution is 2.20. The number of hydrogen-bond acceptors (Lipinski definition) is 4. The lowest BCUT2D eigenvalue weighted by atomic mass is 9.92. The van der Waals surface area contributed by atoms with Crippen LogP contribution in [0, 0.1) is 12.8 Å². The van der Waals surface area contributed by atoms with Gasteiger partial charge < -0.3 is 16.4 Å².